The van der Waals surface area contributed by atoms with Gasteiger partial charge in [0.25, 0.3) is 0 Å². The largest absolute Gasteiger partial charge is 0.462 e. The predicted octanol–water partition coefficient (Wildman–Crippen LogP) is 6.84. The molecule has 0 aliphatic carbocycles. The number of hydrogen-bond acceptors (Lipinski definition) is 8. The second-order valence-corrected chi connectivity index (χ2v) is 11.3. The summed E-state index contributed by atoms with van der Waals surface area (Å²) in [5.41, 5.74) is 4.28. The van der Waals surface area contributed by atoms with Crippen LogP contribution in [0.5, 0.6) is 0 Å². The van der Waals surface area contributed by atoms with E-state index < -0.39 is 5.97 Å². The summed E-state index contributed by atoms with van der Waals surface area (Å²) in [4.78, 5) is 27.0. The molecule has 0 atom stereocenters. The Morgan fingerprint density at radius 3 is 2.44 bits per heavy atom. The third-order valence-corrected chi connectivity index (χ3v) is 8.50. The Labute approximate surface area is 222 Å². The summed E-state index contributed by atoms with van der Waals surface area (Å²) < 4.78 is 7.35. The average Bonchev–Trinajstić information content (AvgIpc) is 3.56. The topological polar surface area (TPSA) is 86.1 Å². The van der Waals surface area contributed by atoms with Crippen molar-refractivity contribution in [2.75, 3.05) is 17.7 Å². The molecule has 10 heteroatoms. The number of benzene rings is 1. The number of ether oxygens (including phenoxy) is 1. The number of hydrogen-bond donors (Lipinski definition) is 1. The van der Waals surface area contributed by atoms with Crippen LogP contribution in [0.2, 0.25) is 0 Å². The van der Waals surface area contributed by atoms with E-state index in [4.69, 9.17) is 4.74 Å². The number of thiophene rings is 2. The highest BCUT2D eigenvalue weighted by molar-refractivity contribution is 7.99. The molecule has 0 bridgehead atoms. The van der Waals surface area contributed by atoms with Crippen LogP contribution in [0.15, 0.2) is 46.2 Å². The highest BCUT2D eigenvalue weighted by Crippen LogP contribution is 2.37. The smallest absolute Gasteiger partial charge is 0.341 e. The van der Waals surface area contributed by atoms with Gasteiger partial charge in [0.05, 0.1) is 12.4 Å². The van der Waals surface area contributed by atoms with Gasteiger partial charge >= 0.3 is 5.97 Å². The third kappa shape index (κ3) is 5.40. The molecule has 0 fully saturated rings. The van der Waals surface area contributed by atoms with E-state index in [-0.39, 0.29) is 24.3 Å². The van der Waals surface area contributed by atoms with E-state index in [2.05, 4.69) is 53.2 Å². The second kappa shape index (κ2) is 11.4. The van der Waals surface area contributed by atoms with E-state index in [0.717, 1.165) is 22.5 Å². The van der Waals surface area contributed by atoms with E-state index in [9.17, 15) is 9.59 Å². The molecule has 188 valence electrons. The van der Waals surface area contributed by atoms with Gasteiger partial charge in [-0.15, -0.1) is 32.9 Å². The lowest BCUT2D eigenvalue weighted by Gasteiger charge is -2.14. The monoisotopic (exact) mass is 540 g/mol. The number of anilines is 1. The first kappa shape index (κ1) is 26.1. The van der Waals surface area contributed by atoms with Gasteiger partial charge in [0, 0.05) is 32.8 Å². The van der Waals surface area contributed by atoms with Gasteiger partial charge in [0.1, 0.15) is 10.6 Å². The second-order valence-electron chi connectivity index (χ2n) is 8.38. The first-order valence-electron chi connectivity index (χ1n) is 11.6. The SMILES string of the molecule is CCOC(=O)c1c(-c2ccccc2)csc1NC(=O)CSc1nnc(-c2csc(C)c2C)n1C(C)C. The lowest BCUT2D eigenvalue weighted by Crippen LogP contribution is -2.17. The van der Waals surface area contributed by atoms with Crippen LogP contribution < -0.4 is 5.32 Å². The molecule has 0 saturated heterocycles. The molecule has 1 aromatic carbocycles. The third-order valence-electron chi connectivity index (χ3n) is 5.65. The van der Waals surface area contributed by atoms with Crippen molar-refractivity contribution in [2.24, 2.45) is 0 Å². The Bertz CT molecular complexity index is 1370. The number of rotatable bonds is 9. The van der Waals surface area contributed by atoms with Gasteiger partial charge in [0.2, 0.25) is 5.91 Å². The average molecular weight is 541 g/mol. The lowest BCUT2D eigenvalue weighted by atomic mass is 10.0. The minimum Gasteiger partial charge on any atom is -0.462 e. The number of nitrogens with zero attached hydrogens (tertiary/aromatic N) is 3. The fourth-order valence-electron chi connectivity index (χ4n) is 3.74. The van der Waals surface area contributed by atoms with Crippen LogP contribution in [0.25, 0.3) is 22.5 Å². The van der Waals surface area contributed by atoms with Crippen molar-refractivity contribution in [1.82, 2.24) is 14.8 Å². The van der Waals surface area contributed by atoms with Crippen LogP contribution in [-0.2, 0) is 9.53 Å². The van der Waals surface area contributed by atoms with Crippen LogP contribution in [0.3, 0.4) is 0 Å². The maximum Gasteiger partial charge on any atom is 0.341 e. The summed E-state index contributed by atoms with van der Waals surface area (Å²) in [6, 6.07) is 9.73. The predicted molar refractivity (Wildman–Crippen MR) is 148 cm³/mol. The van der Waals surface area contributed by atoms with Crippen LogP contribution in [0.1, 0.15) is 47.6 Å². The molecule has 4 rings (SSSR count). The molecule has 3 aromatic heterocycles. The highest BCUT2D eigenvalue weighted by atomic mass is 32.2. The molecule has 0 spiro atoms. The molecular weight excluding hydrogens is 513 g/mol. The van der Waals surface area contributed by atoms with Crippen molar-refractivity contribution < 1.29 is 14.3 Å². The first-order valence-corrected chi connectivity index (χ1v) is 14.3. The summed E-state index contributed by atoms with van der Waals surface area (Å²) in [5, 5.41) is 16.9. The Morgan fingerprint density at radius 2 is 1.81 bits per heavy atom. The molecule has 0 unspecified atom stereocenters. The Balaban J connectivity index is 1.54. The van der Waals surface area contributed by atoms with Crippen molar-refractivity contribution in [3.63, 3.8) is 0 Å². The van der Waals surface area contributed by atoms with Crippen molar-refractivity contribution >= 4 is 51.3 Å². The number of thioether (sulfide) groups is 1. The number of aryl methyl sites for hydroxylation is 1. The van der Waals surface area contributed by atoms with E-state index in [1.54, 1.807) is 18.3 Å². The van der Waals surface area contributed by atoms with Gasteiger partial charge in [-0.3, -0.25) is 9.36 Å². The summed E-state index contributed by atoms with van der Waals surface area (Å²) >= 11 is 4.34. The normalized spacial score (nSPS) is 11.2. The van der Waals surface area contributed by atoms with Crippen LogP contribution in [-0.4, -0.2) is 39.0 Å². The van der Waals surface area contributed by atoms with Crippen LogP contribution in [0.4, 0.5) is 5.00 Å². The van der Waals surface area contributed by atoms with Gasteiger partial charge in [-0.05, 0) is 45.7 Å². The number of nitrogens with one attached hydrogen (secondary N) is 1. The number of aromatic nitrogens is 3. The fraction of sp³-hybridized carbons (Fsp3) is 0.308. The fourth-order valence-corrected chi connectivity index (χ4v) is 6.44. The van der Waals surface area contributed by atoms with Gasteiger partial charge in [-0.25, -0.2) is 4.79 Å². The minimum absolute atomic E-state index is 0.126. The molecular formula is C26H28N4O3S3. The zero-order chi connectivity index (χ0) is 25.8. The molecule has 0 saturated carbocycles. The number of carbonyl (C=O) groups is 2. The summed E-state index contributed by atoms with van der Waals surface area (Å²) in [5.74, 6) is 0.263. The standard InChI is InChI=1S/C26H28N4O3S3/c1-6-33-25(32)22-20(18-10-8-7-9-11-18)13-35-24(22)27-21(31)14-36-26-29-28-23(30(26)15(2)3)19-12-34-17(5)16(19)4/h7-13,15H,6,14H2,1-5H3,(H,27,31). The maximum atomic E-state index is 12.9. The Morgan fingerprint density at radius 1 is 1.08 bits per heavy atom. The zero-order valence-electron chi connectivity index (χ0n) is 20.8. The zero-order valence-corrected chi connectivity index (χ0v) is 23.3. The van der Waals surface area contributed by atoms with Crippen LogP contribution >= 0.6 is 34.4 Å². The molecule has 36 heavy (non-hydrogen) atoms. The maximum absolute atomic E-state index is 12.9. The molecule has 0 radical (unpaired) electrons. The number of carbonyl (C=O) groups excluding carboxylic acids is 2. The molecule has 0 aliphatic rings. The Kier molecular flexibility index (Phi) is 8.28. The van der Waals surface area contributed by atoms with E-state index in [1.165, 1.54) is 33.5 Å². The molecule has 3 heterocycles. The van der Waals surface area contributed by atoms with Gasteiger partial charge < -0.3 is 10.1 Å². The van der Waals surface area contributed by atoms with Gasteiger partial charge in [-0.2, -0.15) is 0 Å². The summed E-state index contributed by atoms with van der Waals surface area (Å²) in [6.45, 7) is 10.4. The summed E-state index contributed by atoms with van der Waals surface area (Å²) in [6.07, 6.45) is 0. The van der Waals surface area contributed by atoms with E-state index >= 15 is 0 Å². The van der Waals surface area contributed by atoms with Crippen molar-refractivity contribution in [3.8, 4) is 22.5 Å². The number of esters is 1. The molecule has 4 aromatic rings. The minimum atomic E-state index is -0.453. The number of amides is 1. The van der Waals surface area contributed by atoms with E-state index in [0.29, 0.717) is 15.7 Å². The summed E-state index contributed by atoms with van der Waals surface area (Å²) in [7, 11) is 0. The van der Waals surface area contributed by atoms with Gasteiger partial charge in [-0.1, -0.05) is 42.1 Å². The van der Waals surface area contributed by atoms with E-state index in [1.807, 2.05) is 35.7 Å². The molecule has 0 aliphatic heterocycles. The van der Waals surface area contributed by atoms with Gasteiger partial charge in [0.15, 0.2) is 11.0 Å². The van der Waals surface area contributed by atoms with Crippen molar-refractivity contribution in [3.05, 3.63) is 57.1 Å². The highest BCUT2D eigenvalue weighted by Gasteiger charge is 2.24. The molecule has 1 amide bonds. The first-order chi connectivity index (χ1) is 17.3. The molecule has 7 nitrogen and oxygen atoms in total. The van der Waals surface area contributed by atoms with Crippen molar-refractivity contribution in [1.29, 1.82) is 0 Å². The van der Waals surface area contributed by atoms with Crippen molar-refractivity contribution in [2.45, 2.75) is 45.8 Å². The Hall–Kier alpha value is -2.95. The quantitative estimate of drug-likeness (QED) is 0.185. The van der Waals surface area contributed by atoms with Crippen LogP contribution in [0, 0.1) is 13.8 Å². The lowest BCUT2D eigenvalue weighted by molar-refractivity contribution is -0.113. The molecule has 1 N–H and O–H groups in total.